The second kappa shape index (κ2) is 5.28. The molecule has 1 heterocycles. The SMILES string of the molecule is C[C@H]1CN(S(=O)(=O)c2ccc(C(N)=O)cc2)CCN1. The number of hydrogen-bond donors (Lipinski definition) is 2. The molecule has 0 bridgehead atoms. The van der Waals surface area contributed by atoms with E-state index in [-0.39, 0.29) is 10.9 Å². The summed E-state index contributed by atoms with van der Waals surface area (Å²) < 4.78 is 26.2. The number of sulfonamides is 1. The fourth-order valence-electron chi connectivity index (χ4n) is 2.06. The lowest BCUT2D eigenvalue weighted by atomic mass is 10.2. The number of amides is 1. The van der Waals surface area contributed by atoms with Crippen molar-refractivity contribution in [1.29, 1.82) is 0 Å². The van der Waals surface area contributed by atoms with Crippen molar-refractivity contribution < 1.29 is 13.2 Å². The summed E-state index contributed by atoms with van der Waals surface area (Å²) in [5.74, 6) is -0.570. The van der Waals surface area contributed by atoms with Gasteiger partial charge in [0.25, 0.3) is 0 Å². The van der Waals surface area contributed by atoms with Crippen LogP contribution < -0.4 is 11.1 Å². The van der Waals surface area contributed by atoms with Gasteiger partial charge in [0.05, 0.1) is 4.90 Å². The molecule has 1 aliphatic heterocycles. The van der Waals surface area contributed by atoms with Crippen LogP contribution in [-0.4, -0.2) is 44.3 Å². The largest absolute Gasteiger partial charge is 0.366 e. The summed E-state index contributed by atoms with van der Waals surface area (Å²) in [5.41, 5.74) is 5.43. The topological polar surface area (TPSA) is 92.5 Å². The molecule has 7 heteroatoms. The molecule has 1 saturated heterocycles. The highest BCUT2D eigenvalue weighted by Crippen LogP contribution is 2.17. The Kier molecular flexibility index (Phi) is 3.88. The predicted molar refractivity (Wildman–Crippen MR) is 71.2 cm³/mol. The minimum Gasteiger partial charge on any atom is -0.366 e. The number of carbonyl (C=O) groups excluding carboxylic acids is 1. The van der Waals surface area contributed by atoms with Crippen LogP contribution in [-0.2, 0) is 10.0 Å². The molecule has 19 heavy (non-hydrogen) atoms. The Hall–Kier alpha value is -1.44. The van der Waals surface area contributed by atoms with E-state index in [4.69, 9.17) is 5.73 Å². The smallest absolute Gasteiger partial charge is 0.248 e. The number of nitrogens with one attached hydrogen (secondary N) is 1. The van der Waals surface area contributed by atoms with Crippen molar-refractivity contribution in [3.05, 3.63) is 29.8 Å². The molecule has 1 fully saturated rings. The van der Waals surface area contributed by atoms with Crippen LogP contribution in [0.1, 0.15) is 17.3 Å². The lowest BCUT2D eigenvalue weighted by Crippen LogP contribution is -2.51. The molecule has 1 amide bonds. The van der Waals surface area contributed by atoms with Gasteiger partial charge in [-0.2, -0.15) is 4.31 Å². The van der Waals surface area contributed by atoms with Gasteiger partial charge < -0.3 is 11.1 Å². The van der Waals surface area contributed by atoms with Crippen molar-refractivity contribution >= 4 is 15.9 Å². The van der Waals surface area contributed by atoms with Crippen LogP contribution in [0.15, 0.2) is 29.2 Å². The van der Waals surface area contributed by atoms with Gasteiger partial charge in [-0.25, -0.2) is 8.42 Å². The van der Waals surface area contributed by atoms with E-state index in [0.717, 1.165) is 0 Å². The van der Waals surface area contributed by atoms with Crippen LogP contribution in [0.2, 0.25) is 0 Å². The third-order valence-electron chi connectivity index (χ3n) is 3.11. The van der Waals surface area contributed by atoms with Crippen LogP contribution in [0.4, 0.5) is 0 Å². The molecule has 0 aromatic heterocycles. The van der Waals surface area contributed by atoms with Gasteiger partial charge in [0, 0.05) is 31.2 Å². The zero-order valence-corrected chi connectivity index (χ0v) is 11.5. The van der Waals surface area contributed by atoms with Crippen molar-refractivity contribution in [2.45, 2.75) is 17.9 Å². The van der Waals surface area contributed by atoms with Crippen LogP contribution >= 0.6 is 0 Å². The molecule has 3 N–H and O–H groups in total. The lowest BCUT2D eigenvalue weighted by Gasteiger charge is -2.31. The van der Waals surface area contributed by atoms with E-state index in [2.05, 4.69) is 5.32 Å². The molecule has 2 rings (SSSR count). The first-order chi connectivity index (χ1) is 8.91. The lowest BCUT2D eigenvalue weighted by molar-refractivity contribution is 0.1000. The molecule has 1 aromatic rings. The van der Waals surface area contributed by atoms with Gasteiger partial charge in [-0.05, 0) is 31.2 Å². The highest BCUT2D eigenvalue weighted by molar-refractivity contribution is 7.89. The average molecular weight is 283 g/mol. The minimum absolute atomic E-state index is 0.133. The number of nitrogens with two attached hydrogens (primary N) is 1. The van der Waals surface area contributed by atoms with E-state index < -0.39 is 15.9 Å². The molecule has 1 atom stereocenters. The molecule has 0 spiro atoms. The van der Waals surface area contributed by atoms with Gasteiger partial charge in [-0.15, -0.1) is 0 Å². The monoisotopic (exact) mass is 283 g/mol. The fourth-order valence-corrected chi connectivity index (χ4v) is 3.59. The molecule has 1 aromatic carbocycles. The number of hydrogen-bond acceptors (Lipinski definition) is 4. The average Bonchev–Trinajstić information content (AvgIpc) is 2.39. The third kappa shape index (κ3) is 2.94. The Morgan fingerprint density at radius 1 is 1.37 bits per heavy atom. The molecular formula is C12H17N3O3S. The van der Waals surface area contributed by atoms with Crippen LogP contribution in [0.3, 0.4) is 0 Å². The second-order valence-corrected chi connectivity index (χ2v) is 6.54. The number of primary amides is 1. The van der Waals surface area contributed by atoms with Gasteiger partial charge >= 0.3 is 0 Å². The number of rotatable bonds is 3. The van der Waals surface area contributed by atoms with Gasteiger partial charge in [-0.3, -0.25) is 4.79 Å². The summed E-state index contributed by atoms with van der Waals surface area (Å²) in [6, 6.07) is 5.83. The third-order valence-corrected chi connectivity index (χ3v) is 4.99. The Morgan fingerprint density at radius 2 is 2.00 bits per heavy atom. The van der Waals surface area contributed by atoms with E-state index in [9.17, 15) is 13.2 Å². The van der Waals surface area contributed by atoms with Gasteiger partial charge in [0.2, 0.25) is 15.9 Å². The summed E-state index contributed by atoms with van der Waals surface area (Å²) in [4.78, 5) is 11.1. The summed E-state index contributed by atoms with van der Waals surface area (Å²) >= 11 is 0. The Balaban J connectivity index is 2.26. The molecule has 1 aliphatic rings. The quantitative estimate of drug-likeness (QED) is 0.801. The number of carbonyl (C=O) groups is 1. The predicted octanol–water partition coefficient (Wildman–Crippen LogP) is -0.232. The standard InChI is InChI=1S/C12H17N3O3S/c1-9-8-15(7-6-14-9)19(17,18)11-4-2-10(3-5-11)12(13)16/h2-5,9,14H,6-8H2,1H3,(H2,13,16)/t9-/m0/s1. The Morgan fingerprint density at radius 3 is 2.53 bits per heavy atom. The summed E-state index contributed by atoms with van der Waals surface area (Å²) in [5, 5.41) is 3.19. The molecular weight excluding hydrogens is 266 g/mol. The maximum Gasteiger partial charge on any atom is 0.248 e. The maximum atomic E-state index is 12.4. The summed E-state index contributed by atoms with van der Waals surface area (Å²) in [6.07, 6.45) is 0. The van der Waals surface area contributed by atoms with E-state index in [1.807, 2.05) is 6.92 Å². The number of benzene rings is 1. The Bertz CT molecular complexity index is 568. The molecule has 6 nitrogen and oxygen atoms in total. The van der Waals surface area contributed by atoms with Crippen molar-refractivity contribution in [3.63, 3.8) is 0 Å². The number of nitrogens with zero attached hydrogens (tertiary/aromatic N) is 1. The van der Waals surface area contributed by atoms with Crippen LogP contribution in [0.5, 0.6) is 0 Å². The van der Waals surface area contributed by atoms with Crippen molar-refractivity contribution in [3.8, 4) is 0 Å². The minimum atomic E-state index is -3.50. The molecule has 104 valence electrons. The molecule has 0 aliphatic carbocycles. The van der Waals surface area contributed by atoms with E-state index in [1.54, 1.807) is 0 Å². The summed E-state index contributed by atoms with van der Waals surface area (Å²) in [7, 11) is -3.50. The highest BCUT2D eigenvalue weighted by atomic mass is 32.2. The zero-order chi connectivity index (χ0) is 14.0. The molecule has 0 unspecified atom stereocenters. The second-order valence-electron chi connectivity index (χ2n) is 4.61. The van der Waals surface area contributed by atoms with Crippen LogP contribution in [0, 0.1) is 0 Å². The van der Waals surface area contributed by atoms with E-state index >= 15 is 0 Å². The highest BCUT2D eigenvalue weighted by Gasteiger charge is 2.28. The van der Waals surface area contributed by atoms with E-state index in [0.29, 0.717) is 25.2 Å². The first-order valence-electron chi connectivity index (χ1n) is 6.04. The van der Waals surface area contributed by atoms with E-state index in [1.165, 1.54) is 28.6 Å². The van der Waals surface area contributed by atoms with Gasteiger partial charge in [0.15, 0.2) is 0 Å². The Labute approximate surface area is 112 Å². The van der Waals surface area contributed by atoms with Crippen LogP contribution in [0.25, 0.3) is 0 Å². The zero-order valence-electron chi connectivity index (χ0n) is 10.7. The van der Waals surface area contributed by atoms with Crippen molar-refractivity contribution in [2.24, 2.45) is 5.73 Å². The van der Waals surface area contributed by atoms with Crippen molar-refractivity contribution in [2.75, 3.05) is 19.6 Å². The number of piperazine rings is 1. The fraction of sp³-hybridized carbons (Fsp3) is 0.417. The normalized spacial score (nSPS) is 21.2. The van der Waals surface area contributed by atoms with Crippen molar-refractivity contribution in [1.82, 2.24) is 9.62 Å². The van der Waals surface area contributed by atoms with Gasteiger partial charge in [-0.1, -0.05) is 0 Å². The molecule has 0 radical (unpaired) electrons. The first kappa shape index (κ1) is 14.0. The molecule has 0 saturated carbocycles. The van der Waals surface area contributed by atoms with Gasteiger partial charge in [0.1, 0.15) is 0 Å². The maximum absolute atomic E-state index is 12.4. The first-order valence-corrected chi connectivity index (χ1v) is 7.48. The summed E-state index contributed by atoms with van der Waals surface area (Å²) in [6.45, 7) is 3.47.